The lowest BCUT2D eigenvalue weighted by Crippen LogP contribution is -2.53. The summed E-state index contributed by atoms with van der Waals surface area (Å²) in [5.74, 6) is -0.572. The molecule has 0 saturated heterocycles. The Bertz CT molecular complexity index is 1140. The van der Waals surface area contributed by atoms with Crippen LogP contribution in [0.2, 0.25) is 0 Å². The van der Waals surface area contributed by atoms with Crippen molar-refractivity contribution < 1.29 is 25.2 Å². The molecular formula is C74H149NO5. The van der Waals surface area contributed by atoms with E-state index in [1.807, 2.05) is 0 Å². The van der Waals surface area contributed by atoms with Crippen molar-refractivity contribution >= 4 is 5.91 Å². The molecule has 0 saturated carbocycles. The molecule has 0 aliphatic rings. The van der Waals surface area contributed by atoms with Crippen molar-refractivity contribution in [3.05, 3.63) is 0 Å². The second kappa shape index (κ2) is 69.1. The highest BCUT2D eigenvalue weighted by Crippen LogP contribution is 2.21. The molecule has 80 heavy (non-hydrogen) atoms. The van der Waals surface area contributed by atoms with E-state index in [0.717, 1.165) is 38.5 Å². The third kappa shape index (κ3) is 61.9. The molecule has 6 heteroatoms. The number of amides is 1. The number of rotatable bonds is 71. The number of aliphatic hydroxyl groups excluding tert-OH is 4. The lowest BCUT2D eigenvalue weighted by atomic mass is 9.99. The lowest BCUT2D eigenvalue weighted by molar-refractivity contribution is -0.132. The Labute approximate surface area is 502 Å². The molecule has 0 spiro atoms. The van der Waals surface area contributed by atoms with Gasteiger partial charge in [0.1, 0.15) is 12.2 Å². The Morgan fingerprint density at radius 1 is 0.263 bits per heavy atom. The molecule has 4 atom stereocenters. The fraction of sp³-hybridized carbons (Fsp3) is 0.986. The van der Waals surface area contributed by atoms with Crippen LogP contribution in [0.1, 0.15) is 438 Å². The van der Waals surface area contributed by atoms with Crippen LogP contribution < -0.4 is 5.32 Å². The van der Waals surface area contributed by atoms with Crippen molar-refractivity contribution in [2.75, 3.05) is 6.61 Å². The molecular weight excluding hydrogens is 983 g/mol. The van der Waals surface area contributed by atoms with Gasteiger partial charge in [0.05, 0.1) is 18.8 Å². The fourth-order valence-corrected chi connectivity index (χ4v) is 12.5. The Morgan fingerprint density at radius 3 is 0.600 bits per heavy atom. The maximum absolute atomic E-state index is 12.7. The lowest BCUT2D eigenvalue weighted by Gasteiger charge is -2.27. The molecule has 0 radical (unpaired) electrons. The number of nitrogens with one attached hydrogen (secondary N) is 1. The van der Waals surface area contributed by atoms with Crippen LogP contribution in [-0.2, 0) is 4.79 Å². The van der Waals surface area contributed by atoms with Crippen molar-refractivity contribution in [1.82, 2.24) is 5.32 Å². The molecule has 0 rings (SSSR count). The Morgan fingerprint density at radius 2 is 0.425 bits per heavy atom. The number of aliphatic hydroxyl groups is 4. The second-order valence-corrected chi connectivity index (χ2v) is 26.4. The molecule has 0 aliphatic heterocycles. The van der Waals surface area contributed by atoms with Gasteiger partial charge in [0, 0.05) is 0 Å². The number of unbranched alkanes of at least 4 members (excludes halogenated alkanes) is 62. The first-order valence-electron chi connectivity index (χ1n) is 37.4. The standard InChI is InChI=1S/C74H149NO5/c1-3-5-7-9-11-13-15-17-19-21-23-25-27-29-31-33-35-36-37-38-40-42-44-46-48-50-52-54-56-58-60-62-64-66-68-72(78)74(80)75-70(69-76)73(79)71(77)67-65-63-61-59-57-55-53-51-49-47-45-43-41-39-34-32-30-28-26-24-22-20-18-16-14-12-10-8-6-4-2/h70-73,76-79H,3-69H2,1-2H3,(H,75,80). The number of carbonyl (C=O) groups excluding carboxylic acids is 1. The van der Waals surface area contributed by atoms with Gasteiger partial charge in [-0.25, -0.2) is 0 Å². The third-order valence-electron chi connectivity index (χ3n) is 18.3. The van der Waals surface area contributed by atoms with Crippen LogP contribution in [0.3, 0.4) is 0 Å². The summed E-state index contributed by atoms with van der Waals surface area (Å²) < 4.78 is 0. The highest BCUT2D eigenvalue weighted by Gasteiger charge is 2.29. The number of hydrogen-bond donors (Lipinski definition) is 5. The highest BCUT2D eigenvalue weighted by molar-refractivity contribution is 5.80. The van der Waals surface area contributed by atoms with Gasteiger partial charge in [-0.1, -0.05) is 425 Å². The van der Waals surface area contributed by atoms with Crippen LogP contribution in [0.5, 0.6) is 0 Å². The number of hydrogen-bond acceptors (Lipinski definition) is 5. The third-order valence-corrected chi connectivity index (χ3v) is 18.3. The molecule has 0 bridgehead atoms. The summed E-state index contributed by atoms with van der Waals surface area (Å²) in [6, 6.07) is -0.983. The van der Waals surface area contributed by atoms with Crippen molar-refractivity contribution in [3.63, 3.8) is 0 Å². The molecule has 4 unspecified atom stereocenters. The summed E-state index contributed by atoms with van der Waals surface area (Å²) >= 11 is 0. The summed E-state index contributed by atoms with van der Waals surface area (Å²) in [7, 11) is 0. The molecule has 0 heterocycles. The molecule has 1 amide bonds. The maximum Gasteiger partial charge on any atom is 0.249 e. The normalized spacial score (nSPS) is 13.3. The molecule has 0 aromatic rings. The average Bonchev–Trinajstić information content (AvgIpc) is 3.46. The van der Waals surface area contributed by atoms with Gasteiger partial charge >= 0.3 is 0 Å². The van der Waals surface area contributed by atoms with Crippen molar-refractivity contribution in [2.45, 2.75) is 462 Å². The van der Waals surface area contributed by atoms with Crippen LogP contribution in [0.4, 0.5) is 0 Å². The van der Waals surface area contributed by atoms with E-state index < -0.39 is 36.9 Å². The predicted molar refractivity (Wildman–Crippen MR) is 353 cm³/mol. The van der Waals surface area contributed by atoms with E-state index in [9.17, 15) is 25.2 Å². The molecule has 0 aromatic carbocycles. The minimum absolute atomic E-state index is 0.377. The van der Waals surface area contributed by atoms with Crippen LogP contribution >= 0.6 is 0 Å². The molecule has 6 nitrogen and oxygen atoms in total. The zero-order valence-electron chi connectivity index (χ0n) is 54.9. The maximum atomic E-state index is 12.7. The van der Waals surface area contributed by atoms with Gasteiger partial charge in [0.25, 0.3) is 0 Å². The van der Waals surface area contributed by atoms with Crippen LogP contribution in [0.15, 0.2) is 0 Å². The molecule has 5 N–H and O–H groups in total. The van der Waals surface area contributed by atoms with Gasteiger partial charge in [-0.2, -0.15) is 0 Å². The molecule has 0 aromatic heterocycles. The van der Waals surface area contributed by atoms with E-state index in [4.69, 9.17) is 0 Å². The van der Waals surface area contributed by atoms with Gasteiger partial charge in [-0.3, -0.25) is 4.79 Å². The van der Waals surface area contributed by atoms with E-state index in [0.29, 0.717) is 12.8 Å². The Kier molecular flexibility index (Phi) is 68.5. The van der Waals surface area contributed by atoms with Gasteiger partial charge in [0.2, 0.25) is 5.91 Å². The molecule has 0 aliphatic carbocycles. The average molecular weight is 1130 g/mol. The topological polar surface area (TPSA) is 110 Å². The first-order valence-corrected chi connectivity index (χ1v) is 37.4. The SMILES string of the molecule is CCCCCCCCCCCCCCCCCCCCCCCCCCCCCCCCCCCCC(O)C(=O)NC(CO)C(O)C(O)CCCCCCCCCCCCCCCCCCCCCCCCCCCCCCCC. The quantitative estimate of drug-likeness (QED) is 0.0390. The summed E-state index contributed by atoms with van der Waals surface area (Å²) in [5, 5.41) is 44.3. The first kappa shape index (κ1) is 79.3. The minimum atomic E-state index is -1.26. The summed E-state index contributed by atoms with van der Waals surface area (Å²) in [5.41, 5.74) is 0. The van der Waals surface area contributed by atoms with Crippen molar-refractivity contribution in [1.29, 1.82) is 0 Å². The summed E-state index contributed by atoms with van der Waals surface area (Å²) in [6.45, 7) is 4.13. The van der Waals surface area contributed by atoms with E-state index >= 15 is 0 Å². The minimum Gasteiger partial charge on any atom is -0.394 e. The fourth-order valence-electron chi connectivity index (χ4n) is 12.5. The summed E-state index contributed by atoms with van der Waals surface area (Å²) in [4.78, 5) is 12.7. The van der Waals surface area contributed by atoms with E-state index in [1.165, 1.54) is 372 Å². The molecule has 0 fully saturated rings. The van der Waals surface area contributed by atoms with Crippen LogP contribution in [0.25, 0.3) is 0 Å². The van der Waals surface area contributed by atoms with Gasteiger partial charge in [-0.15, -0.1) is 0 Å². The Hall–Kier alpha value is -0.690. The molecule has 480 valence electrons. The van der Waals surface area contributed by atoms with E-state index in [2.05, 4.69) is 19.2 Å². The smallest absolute Gasteiger partial charge is 0.249 e. The zero-order valence-corrected chi connectivity index (χ0v) is 54.9. The monoisotopic (exact) mass is 1130 g/mol. The van der Waals surface area contributed by atoms with Gasteiger partial charge in [0.15, 0.2) is 0 Å². The largest absolute Gasteiger partial charge is 0.394 e. The van der Waals surface area contributed by atoms with Gasteiger partial charge in [-0.05, 0) is 12.8 Å². The highest BCUT2D eigenvalue weighted by atomic mass is 16.3. The number of carbonyl (C=O) groups is 1. The summed E-state index contributed by atoms with van der Waals surface area (Å²) in [6.07, 6.45) is 85.4. The second-order valence-electron chi connectivity index (χ2n) is 26.4. The van der Waals surface area contributed by atoms with Crippen molar-refractivity contribution in [3.8, 4) is 0 Å². The van der Waals surface area contributed by atoms with E-state index in [1.54, 1.807) is 0 Å². The van der Waals surface area contributed by atoms with Crippen molar-refractivity contribution in [2.24, 2.45) is 0 Å². The van der Waals surface area contributed by atoms with Crippen LogP contribution in [-0.4, -0.2) is 57.3 Å². The van der Waals surface area contributed by atoms with Gasteiger partial charge < -0.3 is 25.7 Å². The zero-order chi connectivity index (χ0) is 58.0. The van der Waals surface area contributed by atoms with Crippen LogP contribution in [0, 0.1) is 0 Å². The van der Waals surface area contributed by atoms with E-state index in [-0.39, 0.29) is 0 Å². The Balaban J connectivity index is 3.48. The predicted octanol–water partition coefficient (Wildman–Crippen LogP) is 23.3. The first-order chi connectivity index (χ1) is 39.5.